The van der Waals surface area contributed by atoms with E-state index in [0.717, 1.165) is 11.4 Å². The molecule has 0 unspecified atom stereocenters. The van der Waals surface area contributed by atoms with Crippen LogP contribution in [0.1, 0.15) is 38.8 Å². The van der Waals surface area contributed by atoms with Crippen LogP contribution >= 0.6 is 0 Å². The first kappa shape index (κ1) is 20.9. The maximum absolute atomic E-state index is 6.53. The van der Waals surface area contributed by atoms with E-state index in [9.17, 15) is 0 Å². The Morgan fingerprint density at radius 1 is 0.581 bits per heavy atom. The van der Waals surface area contributed by atoms with Crippen LogP contribution < -0.4 is 10.9 Å². The minimum Gasteiger partial charge on any atom is -0.280 e. The lowest BCUT2D eigenvalue weighted by molar-refractivity contribution is 0.660. The number of hydrogen-bond acceptors (Lipinski definition) is 2. The Morgan fingerprint density at radius 2 is 1.13 bits per heavy atom. The number of nitrogens with two attached hydrogens (primary N) is 1. The fraction of sp³-hybridized carbons (Fsp3) is 0.172. The number of hydrogen-bond donors (Lipinski definition) is 1. The highest BCUT2D eigenvalue weighted by atomic mass is 15.4. The highest BCUT2D eigenvalue weighted by molar-refractivity contribution is 5.83. The number of hydrazine groups is 1. The summed E-state index contributed by atoms with van der Waals surface area (Å²) in [5, 5.41) is 1.77. The van der Waals surface area contributed by atoms with E-state index < -0.39 is 0 Å². The van der Waals surface area contributed by atoms with Crippen molar-refractivity contribution in [2.24, 2.45) is 5.84 Å². The van der Waals surface area contributed by atoms with E-state index in [1.807, 2.05) is 19.9 Å². The lowest BCUT2D eigenvalue weighted by Crippen LogP contribution is -2.25. The quantitative estimate of drug-likeness (QED) is 0.279. The summed E-state index contributed by atoms with van der Waals surface area (Å²) in [6, 6.07) is 34.0. The third kappa shape index (κ3) is 3.64. The van der Waals surface area contributed by atoms with Crippen molar-refractivity contribution in [2.45, 2.75) is 33.1 Å². The largest absolute Gasteiger partial charge is 0.280 e. The summed E-state index contributed by atoms with van der Waals surface area (Å²) in [6.07, 6.45) is 0. The molecule has 1 aliphatic rings. The monoisotopic (exact) mass is 406 g/mol. The number of anilines is 2. The van der Waals surface area contributed by atoms with Crippen molar-refractivity contribution in [3.63, 3.8) is 0 Å². The summed E-state index contributed by atoms with van der Waals surface area (Å²) in [5.41, 5.74) is 9.68. The fourth-order valence-electron chi connectivity index (χ4n) is 4.44. The molecule has 0 aliphatic heterocycles. The van der Waals surface area contributed by atoms with Crippen molar-refractivity contribution in [1.82, 2.24) is 0 Å². The molecule has 0 atom stereocenters. The Labute approximate surface area is 185 Å². The van der Waals surface area contributed by atoms with E-state index in [-0.39, 0.29) is 5.41 Å². The SMILES string of the molecule is CC.CC1(C)c2ccccc2-c2ccc(N(N)c3ccc(-c4ccccc4)cc3)cc21. The summed E-state index contributed by atoms with van der Waals surface area (Å²) < 4.78 is 0. The van der Waals surface area contributed by atoms with Crippen LogP contribution in [0.3, 0.4) is 0 Å². The fourth-order valence-corrected chi connectivity index (χ4v) is 4.44. The topological polar surface area (TPSA) is 29.3 Å². The minimum atomic E-state index is -0.0278. The molecular weight excluding hydrogens is 376 g/mol. The highest BCUT2D eigenvalue weighted by Gasteiger charge is 2.35. The summed E-state index contributed by atoms with van der Waals surface area (Å²) in [4.78, 5) is 0. The van der Waals surface area contributed by atoms with Gasteiger partial charge in [0.25, 0.3) is 0 Å². The second-order valence-corrected chi connectivity index (χ2v) is 8.18. The van der Waals surface area contributed by atoms with Crippen LogP contribution in [-0.4, -0.2) is 0 Å². The standard InChI is InChI=1S/C27H24N2.C2H6/c1-27(2)25-11-7-6-10-23(25)24-17-16-22(18-26(24)27)29(28)21-14-12-20(13-15-21)19-8-4-3-5-9-19;1-2/h3-18H,28H2,1-2H3;1-2H3. The van der Waals surface area contributed by atoms with Gasteiger partial charge in [0, 0.05) is 5.41 Å². The van der Waals surface area contributed by atoms with Gasteiger partial charge in [-0.15, -0.1) is 0 Å². The van der Waals surface area contributed by atoms with Crippen molar-refractivity contribution in [1.29, 1.82) is 0 Å². The third-order valence-electron chi connectivity index (χ3n) is 6.10. The molecule has 0 saturated heterocycles. The average molecular weight is 407 g/mol. The van der Waals surface area contributed by atoms with Crippen LogP contribution in [0.25, 0.3) is 22.3 Å². The molecule has 4 aromatic carbocycles. The van der Waals surface area contributed by atoms with E-state index >= 15 is 0 Å². The van der Waals surface area contributed by atoms with Crippen molar-refractivity contribution in [3.05, 3.63) is 108 Å². The van der Waals surface area contributed by atoms with Crippen LogP contribution in [0.15, 0.2) is 97.1 Å². The molecule has 0 amide bonds. The summed E-state index contributed by atoms with van der Waals surface area (Å²) >= 11 is 0. The normalized spacial score (nSPS) is 12.9. The zero-order valence-corrected chi connectivity index (χ0v) is 18.8. The zero-order chi connectivity index (χ0) is 22.0. The molecule has 0 aromatic heterocycles. The molecule has 5 rings (SSSR count). The van der Waals surface area contributed by atoms with Gasteiger partial charge >= 0.3 is 0 Å². The molecule has 4 aromatic rings. The Morgan fingerprint density at radius 3 is 1.84 bits per heavy atom. The van der Waals surface area contributed by atoms with Gasteiger partial charge in [-0.3, -0.25) is 5.01 Å². The summed E-state index contributed by atoms with van der Waals surface area (Å²) in [6.45, 7) is 8.58. The molecular formula is C29H30N2. The van der Waals surface area contributed by atoms with Crippen molar-refractivity contribution in [2.75, 3.05) is 5.01 Å². The Balaban J connectivity index is 0.00000112. The highest BCUT2D eigenvalue weighted by Crippen LogP contribution is 2.49. The lowest BCUT2D eigenvalue weighted by atomic mass is 9.82. The predicted molar refractivity (Wildman–Crippen MR) is 134 cm³/mol. The first-order valence-electron chi connectivity index (χ1n) is 11.0. The van der Waals surface area contributed by atoms with Crippen LogP contribution in [-0.2, 0) is 5.41 Å². The van der Waals surface area contributed by atoms with E-state index in [2.05, 4.69) is 105 Å². The van der Waals surface area contributed by atoms with Crippen LogP contribution in [0.5, 0.6) is 0 Å². The Kier molecular flexibility index (Phi) is 5.67. The van der Waals surface area contributed by atoms with Gasteiger partial charge in [-0.25, -0.2) is 5.84 Å². The van der Waals surface area contributed by atoms with E-state index in [1.165, 1.54) is 33.4 Å². The number of fused-ring (bicyclic) bond motifs is 3. The molecule has 31 heavy (non-hydrogen) atoms. The van der Waals surface area contributed by atoms with Gasteiger partial charge in [-0.05, 0) is 57.6 Å². The predicted octanol–water partition coefficient (Wildman–Crippen LogP) is 7.70. The zero-order valence-electron chi connectivity index (χ0n) is 18.8. The van der Waals surface area contributed by atoms with Gasteiger partial charge in [0.05, 0.1) is 11.4 Å². The van der Waals surface area contributed by atoms with E-state index in [4.69, 9.17) is 5.84 Å². The van der Waals surface area contributed by atoms with Gasteiger partial charge in [-0.2, -0.15) is 0 Å². The molecule has 1 aliphatic carbocycles. The first-order chi connectivity index (χ1) is 15.1. The molecule has 2 N–H and O–H groups in total. The second kappa shape index (κ2) is 8.41. The van der Waals surface area contributed by atoms with Gasteiger partial charge in [0.2, 0.25) is 0 Å². The van der Waals surface area contributed by atoms with E-state index in [1.54, 1.807) is 5.01 Å². The van der Waals surface area contributed by atoms with Gasteiger partial charge in [0.1, 0.15) is 0 Å². The van der Waals surface area contributed by atoms with Gasteiger partial charge in [0.15, 0.2) is 0 Å². The van der Waals surface area contributed by atoms with Crippen molar-refractivity contribution in [3.8, 4) is 22.3 Å². The maximum atomic E-state index is 6.53. The Bertz CT molecular complexity index is 1180. The Hall–Kier alpha value is -3.36. The number of nitrogens with zero attached hydrogens (tertiary/aromatic N) is 1. The van der Waals surface area contributed by atoms with Gasteiger partial charge in [-0.1, -0.05) is 100 Å². The van der Waals surface area contributed by atoms with Crippen molar-refractivity contribution < 1.29 is 0 Å². The number of rotatable bonds is 3. The van der Waals surface area contributed by atoms with Crippen LogP contribution in [0, 0.1) is 0 Å². The van der Waals surface area contributed by atoms with Crippen molar-refractivity contribution >= 4 is 11.4 Å². The molecule has 0 bridgehead atoms. The molecule has 0 saturated carbocycles. The molecule has 0 heterocycles. The average Bonchev–Trinajstić information content (AvgIpc) is 3.07. The lowest BCUT2D eigenvalue weighted by Gasteiger charge is -2.24. The minimum absolute atomic E-state index is 0.0278. The maximum Gasteiger partial charge on any atom is 0.0578 e. The molecule has 156 valence electrons. The van der Waals surface area contributed by atoms with Crippen LogP contribution in [0.2, 0.25) is 0 Å². The van der Waals surface area contributed by atoms with Gasteiger partial charge < -0.3 is 0 Å². The summed E-state index contributed by atoms with van der Waals surface area (Å²) in [5.74, 6) is 6.53. The third-order valence-corrected chi connectivity index (χ3v) is 6.10. The second-order valence-electron chi connectivity index (χ2n) is 8.18. The van der Waals surface area contributed by atoms with E-state index in [0.29, 0.717) is 0 Å². The number of benzene rings is 4. The summed E-state index contributed by atoms with van der Waals surface area (Å²) in [7, 11) is 0. The smallest absolute Gasteiger partial charge is 0.0578 e. The molecule has 0 fully saturated rings. The van der Waals surface area contributed by atoms with Crippen LogP contribution in [0.4, 0.5) is 11.4 Å². The molecule has 2 heteroatoms. The first-order valence-corrected chi connectivity index (χ1v) is 11.0. The molecule has 0 radical (unpaired) electrons. The molecule has 2 nitrogen and oxygen atoms in total. The molecule has 0 spiro atoms.